The molecule has 25 heteroatoms. The number of nitrogens with two attached hydrogens (primary N) is 2. The van der Waals surface area contributed by atoms with Gasteiger partial charge in [-0.15, -0.1) is 0 Å². The molecule has 0 spiro atoms. The Morgan fingerprint density at radius 3 is 2.74 bits per heavy atom. The van der Waals surface area contributed by atoms with E-state index in [1.807, 2.05) is 0 Å². The molecule has 6 N–H and O–H groups in total. The second kappa shape index (κ2) is 11.9. The van der Waals surface area contributed by atoms with Crippen molar-refractivity contribution in [1.82, 2.24) is 34.1 Å². The number of pyridine rings is 1. The number of imidazole rings is 2. The molecular formula is C21H22F3N9O9P2S2. The minimum absolute atomic E-state index is 0.0558. The first-order valence-electron chi connectivity index (χ1n) is 12.8. The van der Waals surface area contributed by atoms with Gasteiger partial charge in [-0.25, -0.2) is 32.7 Å². The Hall–Kier alpha value is -2.98. The zero-order valence-electron chi connectivity index (χ0n) is 22.8. The molecule has 248 valence electrons. The van der Waals surface area contributed by atoms with E-state index in [0.29, 0.717) is 0 Å². The van der Waals surface area contributed by atoms with Gasteiger partial charge >= 0.3 is 13.5 Å². The van der Waals surface area contributed by atoms with Crippen molar-refractivity contribution in [2.75, 3.05) is 18.9 Å². The Morgan fingerprint density at radius 1 is 1.24 bits per heavy atom. The van der Waals surface area contributed by atoms with Crippen molar-refractivity contribution in [3.8, 4) is 0 Å². The van der Waals surface area contributed by atoms with Gasteiger partial charge in [-0.1, -0.05) is 12.2 Å². The van der Waals surface area contributed by atoms with E-state index in [0.717, 1.165) is 21.7 Å². The van der Waals surface area contributed by atoms with E-state index in [-0.39, 0.29) is 39.7 Å². The molecule has 6 rings (SSSR count). The third-order valence-corrected chi connectivity index (χ3v) is 9.94. The van der Waals surface area contributed by atoms with Gasteiger partial charge in [0, 0.05) is 6.20 Å². The number of carbonyl (C=O) groups excluding carboxylic acids is 1. The number of nitrogens with one attached hydrogen (secondary N) is 1. The second-order valence-electron chi connectivity index (χ2n) is 10.0. The highest BCUT2D eigenvalue weighted by molar-refractivity contribution is 8.44. The summed E-state index contributed by atoms with van der Waals surface area (Å²) in [7, 11) is 0. The number of primary amides is 1. The molecule has 6 atom stereocenters. The fraction of sp³-hybridized carbons (Fsp3) is 0.429. The quantitative estimate of drug-likeness (QED) is 0.144. The number of thiol groups is 1. The predicted molar refractivity (Wildman–Crippen MR) is 157 cm³/mol. The molecule has 46 heavy (non-hydrogen) atoms. The Labute approximate surface area is 264 Å². The molecule has 2 unspecified atom stereocenters. The summed E-state index contributed by atoms with van der Waals surface area (Å²) in [6, 6.07) is 1.19. The van der Waals surface area contributed by atoms with Crippen molar-refractivity contribution in [3.63, 3.8) is 0 Å². The number of carbonyl (C=O) groups is 1. The number of H-pyrrole nitrogens is 1. The number of fused-ring (bicyclic) bond motifs is 6. The summed E-state index contributed by atoms with van der Waals surface area (Å²) in [5.41, 5.74) is 9.57. The topological polar surface area (TPSA) is 247 Å². The molecule has 0 saturated carbocycles. The Kier molecular flexibility index (Phi) is 8.54. The number of nitrogens with zero attached hydrogens (tertiary/aromatic N) is 6. The molecule has 2 bridgehead atoms. The lowest BCUT2D eigenvalue weighted by Crippen LogP contribution is -2.33. The number of alkyl halides is 3. The predicted octanol–water partition coefficient (Wildman–Crippen LogP) is 1.32. The van der Waals surface area contributed by atoms with Gasteiger partial charge in [0.25, 0.3) is 11.5 Å². The van der Waals surface area contributed by atoms with Gasteiger partial charge in [0.05, 0.1) is 25.0 Å². The Morgan fingerprint density at radius 2 is 2.00 bits per heavy atom. The smallest absolute Gasteiger partial charge is 0.369 e. The summed E-state index contributed by atoms with van der Waals surface area (Å²) in [6.45, 7) is -13.3. The fourth-order valence-corrected chi connectivity index (χ4v) is 7.22. The molecule has 18 nitrogen and oxygen atoms in total. The number of aromatic nitrogens is 7. The maximum absolute atomic E-state index is 15.9. The summed E-state index contributed by atoms with van der Waals surface area (Å²) in [4.78, 5) is 52.8. The Balaban J connectivity index is 1.40. The number of amides is 1. The lowest BCUT2D eigenvalue weighted by atomic mass is 10.1. The molecule has 6 heterocycles. The van der Waals surface area contributed by atoms with Crippen molar-refractivity contribution < 1.29 is 50.3 Å². The first kappa shape index (κ1) is 32.9. The summed E-state index contributed by atoms with van der Waals surface area (Å²) in [5.74, 6) is -5.22. The average molecular weight is 728 g/mol. The van der Waals surface area contributed by atoms with E-state index < -0.39 is 81.9 Å². The van der Waals surface area contributed by atoms with Gasteiger partial charge in [-0.2, -0.15) is 4.98 Å². The zero-order valence-corrected chi connectivity index (χ0v) is 26.3. The van der Waals surface area contributed by atoms with Crippen molar-refractivity contribution in [3.05, 3.63) is 40.3 Å². The summed E-state index contributed by atoms with van der Waals surface area (Å²) in [5, 5.41) is 0. The highest BCUT2D eigenvalue weighted by Crippen LogP contribution is 2.58. The molecule has 0 aliphatic carbocycles. The molecule has 1 fully saturated rings. The molecule has 1 amide bonds. The number of aromatic amines is 1. The molecule has 1 saturated heterocycles. The first-order valence-corrected chi connectivity index (χ1v) is 18.1. The van der Waals surface area contributed by atoms with E-state index in [4.69, 9.17) is 46.1 Å². The lowest BCUT2D eigenvalue weighted by Gasteiger charge is -2.25. The van der Waals surface area contributed by atoms with E-state index in [2.05, 4.69) is 37.2 Å². The van der Waals surface area contributed by atoms with Gasteiger partial charge in [-0.3, -0.25) is 28.2 Å². The third kappa shape index (κ3) is 6.57. The Bertz CT molecular complexity index is 2010. The van der Waals surface area contributed by atoms with Gasteiger partial charge < -0.3 is 34.7 Å². The van der Waals surface area contributed by atoms with Crippen LogP contribution in [0, 0.1) is 0 Å². The highest BCUT2D eigenvalue weighted by atomic mass is 32.7. The maximum atomic E-state index is 15.9. The van der Waals surface area contributed by atoms with Gasteiger partial charge in [0.15, 0.2) is 29.2 Å². The van der Waals surface area contributed by atoms with Crippen LogP contribution in [0.1, 0.15) is 22.4 Å². The van der Waals surface area contributed by atoms with Crippen LogP contribution in [-0.4, -0.2) is 82.4 Å². The minimum atomic E-state index is -4.60. The highest BCUT2D eigenvalue weighted by Gasteiger charge is 2.51. The van der Waals surface area contributed by atoms with Crippen molar-refractivity contribution in [2.24, 2.45) is 5.73 Å². The largest absolute Gasteiger partial charge is 0.387 e. The number of anilines is 1. The number of hydrogen-bond acceptors (Lipinski definition) is 14. The van der Waals surface area contributed by atoms with Crippen LogP contribution in [0.25, 0.3) is 22.3 Å². The van der Waals surface area contributed by atoms with Crippen LogP contribution in [0.2, 0.25) is 0 Å². The third-order valence-electron chi connectivity index (χ3n) is 6.78. The van der Waals surface area contributed by atoms with Crippen LogP contribution in [-0.2, 0) is 52.4 Å². The monoisotopic (exact) mass is 727 g/mol. The van der Waals surface area contributed by atoms with Crippen LogP contribution in [0.15, 0.2) is 23.4 Å². The molecule has 0 radical (unpaired) electrons. The number of ether oxygens (including phenoxy) is 1. The summed E-state index contributed by atoms with van der Waals surface area (Å²) < 4.78 is 88.3. The normalized spacial score (nSPS) is 30.8. The molecule has 4 aromatic heterocycles. The number of rotatable bonds is 2. The van der Waals surface area contributed by atoms with E-state index in [1.54, 1.807) is 0 Å². The minimum Gasteiger partial charge on any atom is -0.369 e. The number of hydrogen-bond donors (Lipinski definition) is 5. The molecule has 0 aromatic carbocycles. The van der Waals surface area contributed by atoms with Crippen molar-refractivity contribution >= 4 is 71.8 Å². The van der Waals surface area contributed by atoms with Gasteiger partial charge in [0.1, 0.15) is 36.8 Å². The van der Waals surface area contributed by atoms with E-state index >= 15 is 13.2 Å². The fourth-order valence-electron chi connectivity index (χ4n) is 4.75. The molecule has 2 aliphatic rings. The van der Waals surface area contributed by atoms with Crippen LogP contribution in [0.3, 0.4) is 0 Å². The molecule has 2 aliphatic heterocycles. The zero-order chi connectivity index (χ0) is 33.2. The van der Waals surface area contributed by atoms with E-state index in [9.17, 15) is 19.0 Å². The van der Waals surface area contributed by atoms with Crippen molar-refractivity contribution in [2.45, 2.75) is 43.7 Å². The lowest BCUT2D eigenvalue weighted by molar-refractivity contribution is -0.0643. The van der Waals surface area contributed by atoms with Crippen LogP contribution in [0.5, 0.6) is 0 Å². The van der Waals surface area contributed by atoms with Crippen LogP contribution in [0.4, 0.5) is 19.1 Å². The standard InChI is InChI=1S/C21H22F3N9O9P2S2/c22-12-10-3-38-43(36,45)40-6-21(23,24)5-32-11(29-9-1-8(15(25)34)2-27-16(9)32)4-39-44(37,46)42-14(12)19(41-10)33-7-28-13-17(33)30-20(26)31-18(13)35/h1-2,7,10,12,14,19H,3-6H2,(H2,25,34)(H,36,45)(H,37,46)(H3,26,30,31,35)/t10-,12-,14-,19-,43?,44?/m1/s1. The van der Waals surface area contributed by atoms with Gasteiger partial charge in [-0.05, 0) is 17.9 Å². The van der Waals surface area contributed by atoms with E-state index in [1.165, 1.54) is 6.07 Å². The van der Waals surface area contributed by atoms with Gasteiger partial charge in [0.2, 0.25) is 11.9 Å². The molecule has 4 aromatic rings. The average Bonchev–Trinajstić information content (AvgIpc) is 3.63. The SMILES string of the molecule is NC(=O)c1cnc2c(c1)nc1n2CC(F)(F)COP(O)(=S)OC[C@H]2O[C@@H](n3cnc4c(=O)[nH]c(N)nc43)[C@H](OP(=O)(S)OC1)[C@@H]2F. The molecular weight excluding hydrogens is 705 g/mol. The maximum Gasteiger partial charge on any atom is 0.387 e. The van der Waals surface area contributed by atoms with Crippen molar-refractivity contribution in [1.29, 1.82) is 0 Å². The van der Waals surface area contributed by atoms with Crippen LogP contribution < -0.4 is 17.0 Å². The summed E-state index contributed by atoms with van der Waals surface area (Å²) in [6.07, 6.45) is -5.11. The summed E-state index contributed by atoms with van der Waals surface area (Å²) >= 11 is 8.80. The number of halogens is 3. The van der Waals surface area contributed by atoms with Crippen LogP contribution >= 0.6 is 25.8 Å². The number of nitrogen functional groups attached to an aromatic ring is 1. The second-order valence-corrected chi connectivity index (χ2v) is 15.7. The first-order chi connectivity index (χ1) is 21.5.